The third-order valence-electron chi connectivity index (χ3n) is 6.51. The summed E-state index contributed by atoms with van der Waals surface area (Å²) in [5.41, 5.74) is -4.18. The normalized spacial score (nSPS) is 22.8. The number of esters is 2. The minimum Gasteiger partial charge on any atom is -0.431 e. The van der Waals surface area contributed by atoms with Gasteiger partial charge < -0.3 is 19.7 Å². The zero-order chi connectivity index (χ0) is 30.9. The molecule has 10 heteroatoms. The monoisotopic (exact) mass is 568 g/mol. The van der Waals surface area contributed by atoms with E-state index in [2.05, 4.69) is 0 Å². The molecule has 2 aliphatic rings. The summed E-state index contributed by atoms with van der Waals surface area (Å²) in [7, 11) is 0. The van der Waals surface area contributed by atoms with Crippen molar-refractivity contribution in [1.82, 2.24) is 10.1 Å². The molecule has 0 fully saturated rings. The summed E-state index contributed by atoms with van der Waals surface area (Å²) in [6.45, 7) is 22.7. The van der Waals surface area contributed by atoms with Crippen molar-refractivity contribution < 1.29 is 39.0 Å². The van der Waals surface area contributed by atoms with Gasteiger partial charge >= 0.3 is 11.9 Å². The maximum Gasteiger partial charge on any atom is 0.311 e. The molecule has 0 bridgehead atoms. The largest absolute Gasteiger partial charge is 0.431 e. The maximum atomic E-state index is 12.7. The summed E-state index contributed by atoms with van der Waals surface area (Å²) in [5.74, 6) is 0.0116. The number of nitrogens with zero attached hydrogens (tertiary/aromatic N) is 2. The number of carbonyl (C=O) groups is 2. The number of carbonyl (C=O) groups excluding carboxylic acids is 2. The molecule has 2 rings (SSSR count). The first-order chi connectivity index (χ1) is 17.8. The number of hydrogen-bond donors (Lipinski definition) is 2. The van der Waals surface area contributed by atoms with E-state index in [0.29, 0.717) is 24.4 Å². The van der Waals surface area contributed by atoms with Crippen LogP contribution in [-0.4, -0.2) is 78.8 Å². The molecule has 0 saturated heterocycles. The fourth-order valence-electron chi connectivity index (χ4n) is 5.42. The summed E-state index contributed by atoms with van der Waals surface area (Å²) in [6, 6.07) is 0. The minimum atomic E-state index is -0.985. The first kappa shape index (κ1) is 34.4. The Morgan fingerprint density at radius 2 is 1.00 bits per heavy atom. The van der Waals surface area contributed by atoms with Crippen molar-refractivity contribution in [2.45, 2.75) is 142 Å². The minimum absolute atomic E-state index is 0.114. The lowest BCUT2D eigenvalue weighted by molar-refractivity contribution is -0.278. The van der Waals surface area contributed by atoms with Gasteiger partial charge in [0.2, 0.25) is 0 Å². The Kier molecular flexibility index (Phi) is 10.2. The predicted molar refractivity (Wildman–Crippen MR) is 151 cm³/mol. The molecule has 0 amide bonds. The molecule has 2 N–H and O–H groups in total. The topological polar surface area (TPSA) is 118 Å². The quantitative estimate of drug-likeness (QED) is 0.344. The average molecular weight is 569 g/mol. The molecule has 40 heavy (non-hydrogen) atoms. The highest BCUT2D eigenvalue weighted by atomic mass is 16.7. The van der Waals surface area contributed by atoms with E-state index in [4.69, 9.17) is 19.1 Å². The van der Waals surface area contributed by atoms with Gasteiger partial charge in [0, 0.05) is 23.9 Å². The van der Waals surface area contributed by atoms with Crippen LogP contribution in [0.2, 0.25) is 0 Å². The van der Waals surface area contributed by atoms with Gasteiger partial charge in [0.05, 0.1) is 48.3 Å². The number of hydroxylamine groups is 4. The summed E-state index contributed by atoms with van der Waals surface area (Å²) in [4.78, 5) is 37.2. The lowest BCUT2D eigenvalue weighted by Crippen LogP contribution is -2.58. The van der Waals surface area contributed by atoms with E-state index >= 15 is 0 Å². The second kappa shape index (κ2) is 11.8. The van der Waals surface area contributed by atoms with Crippen LogP contribution in [0.4, 0.5) is 0 Å². The molecule has 0 radical (unpaired) electrons. The molecular formula is C30H52N2O8. The Labute approximate surface area is 240 Å². The van der Waals surface area contributed by atoms with Crippen LogP contribution in [0.1, 0.15) is 109 Å². The van der Waals surface area contributed by atoms with Gasteiger partial charge in [-0.05, 0) is 95.2 Å². The number of rotatable bonds is 11. The van der Waals surface area contributed by atoms with E-state index < -0.39 is 45.3 Å². The molecule has 0 aromatic rings. The first-order valence-electron chi connectivity index (χ1n) is 14.0. The highest BCUT2D eigenvalue weighted by molar-refractivity contribution is 5.78. The highest BCUT2D eigenvalue weighted by Crippen LogP contribution is 2.39. The molecule has 0 spiro atoms. The molecule has 230 valence electrons. The summed E-state index contributed by atoms with van der Waals surface area (Å²) < 4.78 is 11.3. The van der Waals surface area contributed by atoms with E-state index in [1.54, 1.807) is 27.7 Å². The Morgan fingerprint density at radius 1 is 0.700 bits per heavy atom. The van der Waals surface area contributed by atoms with Crippen molar-refractivity contribution >= 4 is 11.9 Å². The van der Waals surface area contributed by atoms with E-state index in [1.807, 2.05) is 77.7 Å². The zero-order valence-electron chi connectivity index (χ0n) is 26.6. The molecule has 0 unspecified atom stereocenters. The molecule has 10 nitrogen and oxygen atoms in total. The molecule has 2 aliphatic heterocycles. The molecular weight excluding hydrogens is 516 g/mol. The van der Waals surface area contributed by atoms with Crippen molar-refractivity contribution in [2.24, 2.45) is 0 Å². The second-order valence-corrected chi connectivity index (χ2v) is 14.7. The lowest BCUT2D eigenvalue weighted by atomic mass is 9.86. The fourth-order valence-corrected chi connectivity index (χ4v) is 5.42. The average Bonchev–Trinajstić information content (AvgIpc) is 2.66. The van der Waals surface area contributed by atoms with Crippen LogP contribution in [0.25, 0.3) is 0 Å². The van der Waals surface area contributed by atoms with Gasteiger partial charge in [0.25, 0.3) is 0 Å². The summed E-state index contributed by atoms with van der Waals surface area (Å²) >= 11 is 0. The summed E-state index contributed by atoms with van der Waals surface area (Å²) in [6.07, 6.45) is 4.28. The highest BCUT2D eigenvalue weighted by Gasteiger charge is 2.45. The lowest BCUT2D eigenvalue weighted by Gasteiger charge is -2.49. The van der Waals surface area contributed by atoms with E-state index in [0.717, 1.165) is 0 Å². The van der Waals surface area contributed by atoms with Crippen LogP contribution in [0, 0.1) is 0 Å². The van der Waals surface area contributed by atoms with Crippen LogP contribution in [0.15, 0.2) is 23.7 Å². The smallest absolute Gasteiger partial charge is 0.311 e. The third-order valence-corrected chi connectivity index (χ3v) is 6.51. The van der Waals surface area contributed by atoms with Gasteiger partial charge in [-0.15, -0.1) is 0 Å². The number of hydrogen-bond acceptors (Lipinski definition) is 10. The second-order valence-electron chi connectivity index (χ2n) is 14.7. The van der Waals surface area contributed by atoms with Crippen molar-refractivity contribution in [1.29, 1.82) is 0 Å². The first-order valence-corrected chi connectivity index (χ1v) is 14.0. The molecule has 0 atom stereocenters. The molecule has 0 aromatic heterocycles. The van der Waals surface area contributed by atoms with Crippen LogP contribution in [-0.2, 0) is 28.7 Å². The van der Waals surface area contributed by atoms with Gasteiger partial charge in [-0.2, -0.15) is 10.1 Å². The number of ether oxygens (including phenoxy) is 2. The van der Waals surface area contributed by atoms with Gasteiger partial charge in [0.1, 0.15) is 11.5 Å². The van der Waals surface area contributed by atoms with Gasteiger partial charge in [-0.1, -0.05) is 0 Å². The molecule has 0 aliphatic carbocycles. The van der Waals surface area contributed by atoms with Crippen molar-refractivity contribution in [3.05, 3.63) is 23.7 Å². The van der Waals surface area contributed by atoms with Crippen LogP contribution < -0.4 is 0 Å². The zero-order valence-corrected chi connectivity index (χ0v) is 26.6. The van der Waals surface area contributed by atoms with Gasteiger partial charge in [-0.3, -0.25) is 19.3 Å². The number of aliphatic hydroxyl groups is 2. The van der Waals surface area contributed by atoms with Crippen molar-refractivity contribution in [3.8, 4) is 0 Å². The Bertz CT molecular complexity index is 916. The SMILES string of the molecule is CC(C)(O)CON1C(C)(C)C=C(OC(=O)CCC(=O)OC2=CC(C)(C)N(OCC(C)(C)O)C(C)(C)C2)CC1(C)C. The van der Waals surface area contributed by atoms with E-state index in [1.165, 1.54) is 0 Å². The summed E-state index contributed by atoms with van der Waals surface area (Å²) in [5, 5.41) is 23.8. The van der Waals surface area contributed by atoms with Crippen LogP contribution in [0.3, 0.4) is 0 Å². The van der Waals surface area contributed by atoms with Crippen molar-refractivity contribution in [3.63, 3.8) is 0 Å². The van der Waals surface area contributed by atoms with Gasteiger partial charge in [-0.25, -0.2) is 0 Å². The third kappa shape index (κ3) is 9.92. The fraction of sp³-hybridized carbons (Fsp3) is 0.800. The molecule has 0 aromatic carbocycles. The van der Waals surface area contributed by atoms with E-state index in [-0.39, 0.29) is 26.1 Å². The predicted octanol–water partition coefficient (Wildman–Crippen LogP) is 4.55. The Morgan fingerprint density at radius 3 is 1.25 bits per heavy atom. The van der Waals surface area contributed by atoms with Crippen molar-refractivity contribution in [2.75, 3.05) is 13.2 Å². The van der Waals surface area contributed by atoms with Crippen LogP contribution >= 0.6 is 0 Å². The van der Waals surface area contributed by atoms with Crippen LogP contribution in [0.5, 0.6) is 0 Å². The standard InChI is InChI=1S/C30H52N2O8/c1-25(2)15-21(16-26(3,4)31(25)37-19-29(9,10)35)39-23(33)13-14-24(34)40-22-17-27(5,6)32(28(7,8)18-22)38-20-30(11,12)36/h15,17,35-36H,13-14,16,18-20H2,1-12H3. The Balaban J connectivity index is 1.97. The molecule has 0 saturated carbocycles. The molecule has 2 heterocycles. The van der Waals surface area contributed by atoms with Gasteiger partial charge in [0.15, 0.2) is 0 Å². The van der Waals surface area contributed by atoms with E-state index in [9.17, 15) is 19.8 Å². The maximum absolute atomic E-state index is 12.7. The Hall–Kier alpha value is -1.82.